The number of fused-ring (bicyclic) bond motifs is 1. The Morgan fingerprint density at radius 1 is 1.19 bits per heavy atom. The van der Waals surface area contributed by atoms with Crippen molar-refractivity contribution in [3.63, 3.8) is 0 Å². The van der Waals surface area contributed by atoms with Crippen molar-refractivity contribution in [2.75, 3.05) is 19.6 Å². The maximum atomic E-state index is 13.0. The fourth-order valence-corrected chi connectivity index (χ4v) is 3.90. The fraction of sp³-hybridized carbons (Fsp3) is 0.474. The normalized spacial score (nSPS) is 20.2. The molecule has 2 aliphatic heterocycles. The first-order valence-electron chi connectivity index (χ1n) is 9.23. The monoisotopic (exact) mass is 353 g/mol. The standard InChI is InChI=1S/C19H23N5O2/c25-16-3-1-2-10-23(16)11-7-17(26)24-12-6-15-18(22-13-21-15)19(24)14-4-8-20-9-5-14/h4-5,8-9,13,19H,1-3,6-7,10-12H2,(H,21,22)/t19-/m0/s1. The molecule has 0 unspecified atom stereocenters. The molecule has 0 aliphatic carbocycles. The second kappa shape index (κ2) is 7.27. The van der Waals surface area contributed by atoms with E-state index >= 15 is 0 Å². The van der Waals surface area contributed by atoms with E-state index in [-0.39, 0.29) is 17.9 Å². The Morgan fingerprint density at radius 3 is 2.85 bits per heavy atom. The number of piperidine rings is 1. The molecule has 7 heteroatoms. The van der Waals surface area contributed by atoms with Crippen LogP contribution in [-0.2, 0) is 16.0 Å². The Labute approximate surface area is 152 Å². The van der Waals surface area contributed by atoms with Crippen LogP contribution in [0.1, 0.15) is 48.7 Å². The van der Waals surface area contributed by atoms with E-state index in [1.54, 1.807) is 18.7 Å². The summed E-state index contributed by atoms with van der Waals surface area (Å²) in [5, 5.41) is 0. The Kier molecular flexibility index (Phi) is 4.69. The summed E-state index contributed by atoms with van der Waals surface area (Å²) in [6.45, 7) is 1.92. The van der Waals surface area contributed by atoms with Gasteiger partial charge in [-0.2, -0.15) is 0 Å². The van der Waals surface area contributed by atoms with Crippen molar-refractivity contribution in [2.24, 2.45) is 0 Å². The molecule has 2 aromatic rings. The highest BCUT2D eigenvalue weighted by atomic mass is 16.2. The van der Waals surface area contributed by atoms with Gasteiger partial charge in [-0.3, -0.25) is 14.6 Å². The maximum absolute atomic E-state index is 13.0. The molecule has 0 spiro atoms. The van der Waals surface area contributed by atoms with Crippen LogP contribution in [0, 0.1) is 0 Å². The number of carbonyl (C=O) groups excluding carboxylic acids is 2. The second-order valence-electron chi connectivity index (χ2n) is 6.87. The van der Waals surface area contributed by atoms with Crippen LogP contribution in [0.5, 0.6) is 0 Å². The van der Waals surface area contributed by atoms with E-state index in [4.69, 9.17) is 0 Å². The summed E-state index contributed by atoms with van der Waals surface area (Å²) in [4.78, 5) is 40.4. The molecule has 4 rings (SSSR count). The summed E-state index contributed by atoms with van der Waals surface area (Å²) in [6.07, 6.45) is 8.89. The number of nitrogens with one attached hydrogen (secondary N) is 1. The Morgan fingerprint density at radius 2 is 2.04 bits per heavy atom. The molecular weight excluding hydrogens is 330 g/mol. The van der Waals surface area contributed by atoms with Crippen LogP contribution in [0.15, 0.2) is 30.9 Å². The first kappa shape index (κ1) is 16.8. The van der Waals surface area contributed by atoms with Crippen molar-refractivity contribution in [3.8, 4) is 0 Å². The quantitative estimate of drug-likeness (QED) is 0.907. The van der Waals surface area contributed by atoms with E-state index in [1.807, 2.05) is 21.9 Å². The number of aromatic nitrogens is 3. The Hall–Kier alpha value is -2.70. The molecule has 1 atom stereocenters. The predicted molar refractivity (Wildman–Crippen MR) is 95.1 cm³/mol. The van der Waals surface area contributed by atoms with Gasteiger partial charge in [-0.25, -0.2) is 4.98 Å². The third-order valence-electron chi connectivity index (χ3n) is 5.28. The lowest BCUT2D eigenvalue weighted by Crippen LogP contribution is -2.43. The van der Waals surface area contributed by atoms with Gasteiger partial charge in [0.05, 0.1) is 12.0 Å². The molecule has 7 nitrogen and oxygen atoms in total. The summed E-state index contributed by atoms with van der Waals surface area (Å²) in [7, 11) is 0. The summed E-state index contributed by atoms with van der Waals surface area (Å²) in [5.74, 6) is 0.238. The minimum atomic E-state index is -0.197. The number of hydrogen-bond acceptors (Lipinski definition) is 4. The summed E-state index contributed by atoms with van der Waals surface area (Å²) < 4.78 is 0. The topological polar surface area (TPSA) is 82.2 Å². The van der Waals surface area contributed by atoms with E-state index < -0.39 is 0 Å². The zero-order valence-electron chi connectivity index (χ0n) is 14.7. The van der Waals surface area contributed by atoms with E-state index in [9.17, 15) is 9.59 Å². The van der Waals surface area contributed by atoms with Gasteiger partial charge in [0.2, 0.25) is 11.8 Å². The SMILES string of the molecule is O=C1CCCCN1CCC(=O)N1CCc2[nH]cnc2[C@@H]1c1ccncc1. The molecule has 2 amide bonds. The number of rotatable bonds is 4. The molecule has 4 heterocycles. The van der Waals surface area contributed by atoms with Gasteiger partial charge in [0.1, 0.15) is 6.04 Å². The van der Waals surface area contributed by atoms with Gasteiger partial charge >= 0.3 is 0 Å². The highest BCUT2D eigenvalue weighted by Crippen LogP contribution is 2.33. The molecule has 1 fully saturated rings. The smallest absolute Gasteiger partial charge is 0.225 e. The zero-order valence-corrected chi connectivity index (χ0v) is 14.7. The average Bonchev–Trinajstić information content (AvgIpc) is 3.16. The minimum Gasteiger partial charge on any atom is -0.348 e. The molecule has 0 bridgehead atoms. The molecule has 0 aromatic carbocycles. The average molecular weight is 353 g/mol. The molecule has 2 aromatic heterocycles. The van der Waals surface area contributed by atoms with Crippen LogP contribution < -0.4 is 0 Å². The lowest BCUT2D eigenvalue weighted by Gasteiger charge is -2.36. The molecular formula is C19H23N5O2. The first-order valence-corrected chi connectivity index (χ1v) is 9.23. The van der Waals surface area contributed by atoms with Crippen molar-refractivity contribution < 1.29 is 9.59 Å². The number of aromatic amines is 1. The number of H-pyrrole nitrogens is 1. The van der Waals surface area contributed by atoms with Crippen LogP contribution in [0.2, 0.25) is 0 Å². The predicted octanol–water partition coefficient (Wildman–Crippen LogP) is 1.68. The molecule has 0 saturated carbocycles. The van der Waals surface area contributed by atoms with Gasteiger partial charge < -0.3 is 14.8 Å². The summed E-state index contributed by atoms with van der Waals surface area (Å²) >= 11 is 0. The lowest BCUT2D eigenvalue weighted by atomic mass is 9.96. The van der Waals surface area contributed by atoms with Crippen molar-refractivity contribution in [2.45, 2.75) is 38.1 Å². The number of amides is 2. The van der Waals surface area contributed by atoms with Gasteiger partial charge in [0.15, 0.2) is 0 Å². The third kappa shape index (κ3) is 3.21. The van der Waals surface area contributed by atoms with Crippen LogP contribution >= 0.6 is 0 Å². The Balaban J connectivity index is 1.52. The highest BCUT2D eigenvalue weighted by Gasteiger charge is 2.34. The van der Waals surface area contributed by atoms with Gasteiger partial charge in [-0.1, -0.05) is 0 Å². The van der Waals surface area contributed by atoms with Crippen molar-refractivity contribution in [1.29, 1.82) is 0 Å². The number of hydrogen-bond donors (Lipinski definition) is 1. The fourth-order valence-electron chi connectivity index (χ4n) is 3.90. The highest BCUT2D eigenvalue weighted by molar-refractivity contribution is 5.80. The zero-order chi connectivity index (χ0) is 17.9. The van der Waals surface area contributed by atoms with Crippen LogP contribution in [0.3, 0.4) is 0 Å². The first-order chi connectivity index (χ1) is 12.7. The van der Waals surface area contributed by atoms with Crippen LogP contribution in [-0.4, -0.2) is 56.2 Å². The second-order valence-corrected chi connectivity index (χ2v) is 6.87. The van der Waals surface area contributed by atoms with Gasteiger partial charge in [-0.15, -0.1) is 0 Å². The Bertz CT molecular complexity index is 788. The van der Waals surface area contributed by atoms with E-state index in [2.05, 4.69) is 15.0 Å². The van der Waals surface area contributed by atoms with Gasteiger partial charge in [-0.05, 0) is 30.5 Å². The number of likely N-dealkylation sites (tertiary alicyclic amines) is 1. The molecule has 136 valence electrons. The van der Waals surface area contributed by atoms with Crippen LogP contribution in [0.4, 0.5) is 0 Å². The third-order valence-corrected chi connectivity index (χ3v) is 5.28. The lowest BCUT2D eigenvalue weighted by molar-refractivity contribution is -0.136. The van der Waals surface area contributed by atoms with Crippen molar-refractivity contribution in [1.82, 2.24) is 24.8 Å². The number of carbonyl (C=O) groups is 2. The molecule has 1 saturated heterocycles. The molecule has 2 aliphatic rings. The van der Waals surface area contributed by atoms with Gasteiger partial charge in [0, 0.05) is 57.0 Å². The van der Waals surface area contributed by atoms with Crippen LogP contribution in [0.25, 0.3) is 0 Å². The number of nitrogens with zero attached hydrogens (tertiary/aromatic N) is 4. The van der Waals surface area contributed by atoms with Crippen molar-refractivity contribution in [3.05, 3.63) is 47.8 Å². The summed E-state index contributed by atoms with van der Waals surface area (Å²) in [6, 6.07) is 3.67. The van der Waals surface area contributed by atoms with Crippen molar-refractivity contribution >= 4 is 11.8 Å². The van der Waals surface area contributed by atoms with E-state index in [0.29, 0.717) is 25.9 Å². The largest absolute Gasteiger partial charge is 0.348 e. The number of imidazole rings is 1. The van der Waals surface area contributed by atoms with E-state index in [1.165, 1.54) is 0 Å². The molecule has 1 N–H and O–H groups in total. The molecule has 0 radical (unpaired) electrons. The molecule has 26 heavy (non-hydrogen) atoms. The number of pyridine rings is 1. The van der Waals surface area contributed by atoms with E-state index in [0.717, 1.165) is 42.8 Å². The maximum Gasteiger partial charge on any atom is 0.225 e. The minimum absolute atomic E-state index is 0.0684. The van der Waals surface area contributed by atoms with Gasteiger partial charge in [0.25, 0.3) is 0 Å². The summed E-state index contributed by atoms with van der Waals surface area (Å²) in [5.41, 5.74) is 3.00.